The molecule has 17 heavy (non-hydrogen) atoms. The second-order valence-electron chi connectivity index (χ2n) is 3.67. The molecule has 2 N–H and O–H groups in total. The Hall–Kier alpha value is -2.54. The first-order valence-electron chi connectivity index (χ1n) is 5.03. The van der Waals surface area contributed by atoms with E-state index in [1.807, 2.05) is 31.2 Å². The third-order valence-electron chi connectivity index (χ3n) is 2.54. The van der Waals surface area contributed by atoms with E-state index in [9.17, 15) is 9.90 Å². The summed E-state index contributed by atoms with van der Waals surface area (Å²) in [4.78, 5) is 16.8. The van der Waals surface area contributed by atoms with E-state index in [1.165, 1.54) is 6.07 Å². The third-order valence-corrected chi connectivity index (χ3v) is 2.54. The quantitative estimate of drug-likeness (QED) is 0.734. The number of pyridine rings is 1. The van der Waals surface area contributed by atoms with Crippen LogP contribution in [0, 0.1) is 13.5 Å². The van der Waals surface area contributed by atoms with Crippen LogP contribution >= 0.6 is 0 Å². The van der Waals surface area contributed by atoms with Gasteiger partial charge in [-0.25, -0.2) is 4.85 Å². The van der Waals surface area contributed by atoms with Crippen molar-refractivity contribution in [1.82, 2.24) is 4.98 Å². The molecule has 1 aromatic carbocycles. The fourth-order valence-electron chi connectivity index (χ4n) is 1.73. The zero-order valence-electron chi connectivity index (χ0n) is 9.19. The van der Waals surface area contributed by atoms with Gasteiger partial charge in [0, 0.05) is 6.07 Å². The number of nitrogens with zero attached hydrogens (tertiary/aromatic N) is 1. The highest BCUT2D eigenvalue weighted by atomic mass is 16.3. The minimum absolute atomic E-state index is 0.0684. The summed E-state index contributed by atoms with van der Waals surface area (Å²) in [6.07, 6.45) is 0. The monoisotopic (exact) mass is 226 g/mol. The molecule has 0 unspecified atom stereocenters. The van der Waals surface area contributed by atoms with E-state index in [0.717, 1.165) is 11.1 Å². The molecule has 0 saturated heterocycles. The van der Waals surface area contributed by atoms with Gasteiger partial charge in [0.1, 0.15) is 0 Å². The lowest BCUT2D eigenvalue weighted by molar-refractivity contribution is 0.455. The second kappa shape index (κ2) is 4.14. The Balaban J connectivity index is 2.81. The van der Waals surface area contributed by atoms with E-state index in [4.69, 9.17) is 6.57 Å². The Morgan fingerprint density at radius 3 is 2.65 bits per heavy atom. The van der Waals surface area contributed by atoms with Crippen LogP contribution in [0.3, 0.4) is 0 Å². The van der Waals surface area contributed by atoms with Gasteiger partial charge in [0.25, 0.3) is 5.69 Å². The van der Waals surface area contributed by atoms with E-state index in [-0.39, 0.29) is 11.6 Å². The zero-order chi connectivity index (χ0) is 12.4. The second-order valence-corrected chi connectivity index (χ2v) is 3.67. The first kappa shape index (κ1) is 11.0. The highest BCUT2D eigenvalue weighted by molar-refractivity contribution is 5.82. The Morgan fingerprint density at radius 2 is 2.00 bits per heavy atom. The maximum Gasteiger partial charge on any atom is 0.252 e. The fourth-order valence-corrected chi connectivity index (χ4v) is 1.73. The van der Waals surface area contributed by atoms with Crippen LogP contribution in [0.25, 0.3) is 16.0 Å². The van der Waals surface area contributed by atoms with Gasteiger partial charge >= 0.3 is 0 Å². The van der Waals surface area contributed by atoms with Crippen molar-refractivity contribution >= 4 is 5.69 Å². The van der Waals surface area contributed by atoms with Crippen LogP contribution in [0.2, 0.25) is 0 Å². The van der Waals surface area contributed by atoms with Gasteiger partial charge in [-0.05, 0) is 23.6 Å². The number of aromatic nitrogens is 1. The van der Waals surface area contributed by atoms with Crippen molar-refractivity contribution in [2.24, 2.45) is 0 Å². The summed E-state index contributed by atoms with van der Waals surface area (Å²) in [5.41, 5.74) is 1.83. The Labute approximate surface area is 98.0 Å². The molecule has 4 nitrogen and oxygen atoms in total. The topological polar surface area (TPSA) is 57.5 Å². The maximum absolute atomic E-state index is 11.3. The third kappa shape index (κ3) is 1.91. The molecule has 2 rings (SSSR count). The predicted molar refractivity (Wildman–Crippen MR) is 65.2 cm³/mol. The number of rotatable bonds is 1. The lowest BCUT2D eigenvalue weighted by Gasteiger charge is -2.08. The van der Waals surface area contributed by atoms with E-state index in [2.05, 4.69) is 9.83 Å². The molecule has 2 aromatic rings. The van der Waals surface area contributed by atoms with Crippen LogP contribution in [0.4, 0.5) is 5.69 Å². The standard InChI is InChI=1S/C13H10N2O2/c1-8-5-3-4-6-9(8)10-7-11(16)15-13(17)12(10)14-2/h3-7H,1H3,(H2,15,16,17). The molecular formula is C13H10N2O2. The molecule has 0 aliphatic heterocycles. The van der Waals surface area contributed by atoms with Gasteiger partial charge in [-0.15, -0.1) is 0 Å². The van der Waals surface area contributed by atoms with E-state index in [1.54, 1.807) is 0 Å². The molecule has 0 atom stereocenters. The molecule has 0 saturated carbocycles. The Morgan fingerprint density at radius 1 is 1.29 bits per heavy atom. The van der Waals surface area contributed by atoms with Crippen LogP contribution in [-0.2, 0) is 0 Å². The first-order valence-corrected chi connectivity index (χ1v) is 5.03. The highest BCUT2D eigenvalue weighted by Crippen LogP contribution is 2.36. The molecule has 84 valence electrons. The normalized spacial score (nSPS) is 9.88. The molecule has 0 amide bonds. The smallest absolute Gasteiger partial charge is 0.252 e. The molecule has 0 spiro atoms. The minimum Gasteiger partial charge on any atom is -0.503 e. The zero-order valence-corrected chi connectivity index (χ0v) is 9.19. The molecular weight excluding hydrogens is 216 g/mol. The summed E-state index contributed by atoms with van der Waals surface area (Å²) < 4.78 is 0. The van der Waals surface area contributed by atoms with Crippen molar-refractivity contribution in [3.05, 3.63) is 57.7 Å². The molecule has 1 aromatic heterocycles. The van der Waals surface area contributed by atoms with Gasteiger partial charge in [0.05, 0.1) is 6.57 Å². The van der Waals surface area contributed by atoms with Crippen LogP contribution in [0.1, 0.15) is 5.56 Å². The number of H-pyrrole nitrogens is 1. The molecule has 0 bridgehead atoms. The van der Waals surface area contributed by atoms with Gasteiger partial charge in [-0.2, -0.15) is 0 Å². The van der Waals surface area contributed by atoms with Gasteiger partial charge in [0.15, 0.2) is 5.88 Å². The highest BCUT2D eigenvalue weighted by Gasteiger charge is 2.13. The molecule has 0 aliphatic rings. The molecule has 0 radical (unpaired) electrons. The summed E-state index contributed by atoms with van der Waals surface area (Å²) >= 11 is 0. The Kier molecular flexibility index (Phi) is 2.67. The van der Waals surface area contributed by atoms with E-state index < -0.39 is 5.56 Å². The van der Waals surface area contributed by atoms with Crippen molar-refractivity contribution < 1.29 is 5.11 Å². The summed E-state index contributed by atoms with van der Waals surface area (Å²) in [6.45, 7) is 8.95. The summed E-state index contributed by atoms with van der Waals surface area (Å²) in [7, 11) is 0. The lowest BCUT2D eigenvalue weighted by Crippen LogP contribution is -2.04. The number of aromatic hydroxyl groups is 1. The van der Waals surface area contributed by atoms with Crippen molar-refractivity contribution in [1.29, 1.82) is 0 Å². The SMILES string of the molecule is [C-]#[N+]c1c(-c2ccccc2C)cc(=O)[nH]c1O. The van der Waals surface area contributed by atoms with Crippen LogP contribution in [0.5, 0.6) is 5.88 Å². The maximum atomic E-state index is 11.3. The first-order chi connectivity index (χ1) is 8.13. The molecule has 0 fully saturated rings. The van der Waals surface area contributed by atoms with E-state index in [0.29, 0.717) is 5.56 Å². The number of hydrogen-bond acceptors (Lipinski definition) is 2. The molecule has 1 heterocycles. The van der Waals surface area contributed by atoms with Crippen molar-refractivity contribution in [2.75, 3.05) is 0 Å². The Bertz CT molecular complexity index is 666. The number of aromatic amines is 1. The number of hydrogen-bond donors (Lipinski definition) is 2. The van der Waals surface area contributed by atoms with Crippen LogP contribution < -0.4 is 5.56 Å². The van der Waals surface area contributed by atoms with Gasteiger partial charge in [-0.1, -0.05) is 24.3 Å². The average molecular weight is 226 g/mol. The van der Waals surface area contributed by atoms with Gasteiger partial charge < -0.3 is 10.1 Å². The average Bonchev–Trinajstić information content (AvgIpc) is 2.28. The predicted octanol–water partition coefficient (Wildman–Crippen LogP) is 2.61. The van der Waals surface area contributed by atoms with Crippen LogP contribution in [-0.4, -0.2) is 10.1 Å². The van der Waals surface area contributed by atoms with Crippen molar-refractivity contribution in [2.45, 2.75) is 6.92 Å². The van der Waals surface area contributed by atoms with E-state index >= 15 is 0 Å². The summed E-state index contributed by atoms with van der Waals surface area (Å²) in [6, 6.07) is 8.74. The number of nitrogens with one attached hydrogen (secondary N) is 1. The van der Waals surface area contributed by atoms with Crippen LogP contribution in [0.15, 0.2) is 35.1 Å². The van der Waals surface area contributed by atoms with Crippen molar-refractivity contribution in [3.8, 4) is 17.0 Å². The van der Waals surface area contributed by atoms with Gasteiger partial charge in [0.2, 0.25) is 5.56 Å². The molecule has 4 heteroatoms. The number of benzene rings is 1. The fraction of sp³-hybridized carbons (Fsp3) is 0.0769. The minimum atomic E-state index is -0.423. The number of aryl methyl sites for hydroxylation is 1. The largest absolute Gasteiger partial charge is 0.503 e. The summed E-state index contributed by atoms with van der Waals surface area (Å²) in [5.74, 6) is -0.384. The van der Waals surface area contributed by atoms with Gasteiger partial charge in [-0.3, -0.25) is 4.79 Å². The molecule has 0 aliphatic carbocycles. The summed E-state index contributed by atoms with van der Waals surface area (Å²) in [5, 5.41) is 9.56. The lowest BCUT2D eigenvalue weighted by atomic mass is 10.0. The van der Waals surface area contributed by atoms with Crippen molar-refractivity contribution in [3.63, 3.8) is 0 Å².